The molecule has 12 nitrogen and oxygen atoms in total. The number of aliphatic hydroxyl groups is 1. The molecular weight excluding hydrogens is 512 g/mol. The molecule has 3 heterocycles. The van der Waals surface area contributed by atoms with Gasteiger partial charge < -0.3 is 19.3 Å². The molecule has 0 spiro atoms. The Hall–Kier alpha value is -4.10. The van der Waals surface area contributed by atoms with Gasteiger partial charge in [-0.15, -0.1) is 10.2 Å². The van der Waals surface area contributed by atoms with Crippen molar-refractivity contribution < 1.29 is 27.7 Å². The Kier molecular flexibility index (Phi) is 7.88. The number of benzene rings is 1. The molecule has 13 heteroatoms. The summed E-state index contributed by atoms with van der Waals surface area (Å²) in [7, 11) is 0.494. The normalized spacial score (nSPS) is 13.1. The number of sulfone groups is 1. The molecule has 1 N–H and O–H groups in total. The van der Waals surface area contributed by atoms with E-state index in [1.54, 1.807) is 43.3 Å². The summed E-state index contributed by atoms with van der Waals surface area (Å²) in [5.74, 6) is 1.43. The van der Waals surface area contributed by atoms with Gasteiger partial charge in [-0.25, -0.2) is 23.4 Å². The van der Waals surface area contributed by atoms with Crippen molar-refractivity contribution in [3.8, 4) is 34.6 Å². The average Bonchev–Trinajstić information content (AvgIpc) is 3.34. The molecule has 0 saturated heterocycles. The highest BCUT2D eigenvalue weighted by Gasteiger charge is 2.33. The first-order chi connectivity index (χ1) is 18.2. The summed E-state index contributed by atoms with van der Waals surface area (Å²) >= 11 is 0. The van der Waals surface area contributed by atoms with E-state index in [9.17, 15) is 13.5 Å². The highest BCUT2D eigenvalue weighted by atomic mass is 32.2. The summed E-state index contributed by atoms with van der Waals surface area (Å²) in [6.45, 7) is 3.12. The zero-order valence-electron chi connectivity index (χ0n) is 21.6. The minimum absolute atomic E-state index is 0.0756. The standard InChI is InChI=1S/C25H28N6O6S/c1-15(24(32)17-12-26-16(2)27-13-17)38(33,34)14-21-29-30-25(18-8-6-11-22(28-18)37-5)31(21)23-19(35-3)9-7-10-20(23)36-4/h6-13,15,24,32H,14H2,1-5H3/t15-,24+/m0/s1. The number of rotatable bonds is 10. The number of para-hydroxylation sites is 1. The Morgan fingerprint density at radius 1 is 0.947 bits per heavy atom. The van der Waals surface area contributed by atoms with E-state index >= 15 is 0 Å². The van der Waals surface area contributed by atoms with Gasteiger partial charge in [0.1, 0.15) is 34.5 Å². The first-order valence-corrected chi connectivity index (χ1v) is 13.3. The van der Waals surface area contributed by atoms with Crippen molar-refractivity contribution in [2.45, 2.75) is 31.0 Å². The Morgan fingerprint density at radius 3 is 2.18 bits per heavy atom. The van der Waals surface area contributed by atoms with Crippen LogP contribution in [0.3, 0.4) is 0 Å². The maximum absolute atomic E-state index is 13.5. The number of aromatic nitrogens is 6. The number of ether oxygens (including phenoxy) is 3. The molecule has 0 fully saturated rings. The second kappa shape index (κ2) is 11.1. The summed E-state index contributed by atoms with van der Waals surface area (Å²) in [5.41, 5.74) is 1.08. The highest BCUT2D eigenvalue weighted by molar-refractivity contribution is 7.91. The molecule has 4 aromatic rings. The van der Waals surface area contributed by atoms with Gasteiger partial charge in [-0.3, -0.25) is 4.57 Å². The van der Waals surface area contributed by atoms with E-state index in [1.165, 1.54) is 45.2 Å². The molecular formula is C25H28N6O6S. The molecule has 1 aromatic carbocycles. The van der Waals surface area contributed by atoms with Crippen LogP contribution in [0.4, 0.5) is 0 Å². The average molecular weight is 541 g/mol. The molecule has 3 aromatic heterocycles. The molecule has 2 atom stereocenters. The maximum Gasteiger partial charge on any atom is 0.213 e. The van der Waals surface area contributed by atoms with Crippen LogP contribution in [0.25, 0.3) is 17.2 Å². The van der Waals surface area contributed by atoms with Gasteiger partial charge in [0.15, 0.2) is 21.5 Å². The van der Waals surface area contributed by atoms with Crippen molar-refractivity contribution in [1.82, 2.24) is 29.7 Å². The lowest BCUT2D eigenvalue weighted by molar-refractivity contribution is 0.175. The van der Waals surface area contributed by atoms with Crippen LogP contribution in [0.5, 0.6) is 17.4 Å². The van der Waals surface area contributed by atoms with Crippen molar-refractivity contribution >= 4 is 9.84 Å². The van der Waals surface area contributed by atoms with Crippen LogP contribution in [-0.2, 0) is 15.6 Å². The van der Waals surface area contributed by atoms with Crippen molar-refractivity contribution in [1.29, 1.82) is 0 Å². The van der Waals surface area contributed by atoms with Crippen molar-refractivity contribution in [2.24, 2.45) is 0 Å². The van der Waals surface area contributed by atoms with Crippen LogP contribution in [0.2, 0.25) is 0 Å². The third kappa shape index (κ3) is 5.29. The van der Waals surface area contributed by atoms with Crippen LogP contribution in [0.15, 0.2) is 48.8 Å². The van der Waals surface area contributed by atoms with E-state index in [0.29, 0.717) is 40.1 Å². The monoisotopic (exact) mass is 540 g/mol. The molecule has 0 aliphatic heterocycles. The minimum Gasteiger partial charge on any atom is -0.494 e. The van der Waals surface area contributed by atoms with Gasteiger partial charge in [-0.2, -0.15) is 0 Å². The lowest BCUT2D eigenvalue weighted by atomic mass is 10.1. The second-order valence-corrected chi connectivity index (χ2v) is 10.7. The van der Waals surface area contributed by atoms with Crippen molar-refractivity contribution in [3.63, 3.8) is 0 Å². The van der Waals surface area contributed by atoms with E-state index in [1.807, 2.05) is 0 Å². The van der Waals surface area contributed by atoms with Gasteiger partial charge in [-0.1, -0.05) is 12.1 Å². The van der Waals surface area contributed by atoms with Crippen LogP contribution in [0, 0.1) is 6.92 Å². The molecule has 0 aliphatic carbocycles. The summed E-state index contributed by atoms with van der Waals surface area (Å²) in [4.78, 5) is 12.6. The first kappa shape index (κ1) is 26.9. The van der Waals surface area contributed by atoms with Gasteiger partial charge in [0.2, 0.25) is 5.88 Å². The molecule has 0 aliphatic rings. The fourth-order valence-electron chi connectivity index (χ4n) is 3.85. The quantitative estimate of drug-likeness (QED) is 0.316. The third-order valence-corrected chi connectivity index (χ3v) is 8.05. The molecule has 0 saturated carbocycles. The summed E-state index contributed by atoms with van der Waals surface area (Å²) in [6, 6.07) is 10.3. The zero-order valence-corrected chi connectivity index (χ0v) is 22.4. The Labute approximate surface area is 220 Å². The number of hydrogen-bond acceptors (Lipinski definition) is 11. The number of hydrogen-bond donors (Lipinski definition) is 1. The first-order valence-electron chi connectivity index (χ1n) is 11.6. The lowest BCUT2D eigenvalue weighted by Gasteiger charge is -2.20. The van der Waals surface area contributed by atoms with Crippen molar-refractivity contribution in [3.05, 3.63) is 66.0 Å². The largest absolute Gasteiger partial charge is 0.494 e. The zero-order chi connectivity index (χ0) is 27.4. The molecule has 38 heavy (non-hydrogen) atoms. The molecule has 4 rings (SSSR count). The number of methoxy groups -OCH3 is 3. The molecule has 0 bridgehead atoms. The van der Waals surface area contributed by atoms with Crippen molar-refractivity contribution in [2.75, 3.05) is 21.3 Å². The number of aryl methyl sites for hydroxylation is 1. The Bertz CT molecular complexity index is 1500. The van der Waals surface area contributed by atoms with E-state index in [4.69, 9.17) is 14.2 Å². The summed E-state index contributed by atoms with van der Waals surface area (Å²) < 4.78 is 45.0. The van der Waals surface area contributed by atoms with Gasteiger partial charge >= 0.3 is 0 Å². The fourth-order valence-corrected chi connectivity index (χ4v) is 5.21. The smallest absolute Gasteiger partial charge is 0.213 e. The fraction of sp³-hybridized carbons (Fsp3) is 0.320. The lowest BCUT2D eigenvalue weighted by Crippen LogP contribution is -2.28. The SMILES string of the molecule is COc1cccc(-c2nnc(CS(=O)(=O)[C@@H](C)[C@@H](O)c3cnc(C)nc3)n2-c2c(OC)cccc2OC)n1. The number of nitrogens with zero attached hydrogens (tertiary/aromatic N) is 6. The van der Waals surface area contributed by atoms with E-state index in [2.05, 4.69) is 25.1 Å². The van der Waals surface area contributed by atoms with E-state index in [-0.39, 0.29) is 11.6 Å². The van der Waals surface area contributed by atoms with Crippen LogP contribution in [-0.4, -0.2) is 69.8 Å². The second-order valence-electron chi connectivity index (χ2n) is 8.37. The Balaban J connectivity index is 1.84. The van der Waals surface area contributed by atoms with E-state index in [0.717, 1.165) is 0 Å². The molecule has 0 amide bonds. The van der Waals surface area contributed by atoms with Crippen LogP contribution < -0.4 is 14.2 Å². The summed E-state index contributed by atoms with van der Waals surface area (Å²) in [5, 5.41) is 18.1. The predicted molar refractivity (Wildman–Crippen MR) is 138 cm³/mol. The third-order valence-electron chi connectivity index (χ3n) is 6.00. The highest BCUT2D eigenvalue weighted by Crippen LogP contribution is 2.37. The van der Waals surface area contributed by atoms with Gasteiger partial charge in [0, 0.05) is 24.0 Å². The predicted octanol–water partition coefficient (Wildman–Crippen LogP) is 2.49. The number of aliphatic hydroxyl groups excluding tert-OH is 1. The maximum atomic E-state index is 13.5. The minimum atomic E-state index is -3.98. The van der Waals surface area contributed by atoms with Gasteiger partial charge in [0.05, 0.1) is 32.7 Å². The Morgan fingerprint density at radius 2 is 1.58 bits per heavy atom. The molecule has 0 radical (unpaired) electrons. The molecule has 200 valence electrons. The topological polar surface area (TPSA) is 151 Å². The van der Waals surface area contributed by atoms with Gasteiger partial charge in [0.25, 0.3) is 0 Å². The molecule has 0 unspecified atom stereocenters. The van der Waals surface area contributed by atoms with E-state index < -0.39 is 26.9 Å². The van der Waals surface area contributed by atoms with Gasteiger partial charge in [-0.05, 0) is 32.0 Å². The van der Waals surface area contributed by atoms with Crippen LogP contribution >= 0.6 is 0 Å². The summed E-state index contributed by atoms with van der Waals surface area (Å²) in [6.07, 6.45) is 1.47. The number of pyridine rings is 1. The van der Waals surface area contributed by atoms with Crippen LogP contribution in [0.1, 0.15) is 30.2 Å².